The molecule has 0 fully saturated rings. The summed E-state index contributed by atoms with van der Waals surface area (Å²) in [6.07, 6.45) is 6.10. The average Bonchev–Trinajstić information content (AvgIpc) is 2.87. The third kappa shape index (κ3) is 2.14. The molecule has 0 N–H and O–H groups in total. The van der Waals surface area contributed by atoms with Gasteiger partial charge in [0.05, 0.1) is 15.4 Å². The first-order valence-corrected chi connectivity index (χ1v) is 6.98. The van der Waals surface area contributed by atoms with E-state index in [1.54, 1.807) is 11.3 Å². The molecular weight excluding hydrogens is 240 g/mol. The van der Waals surface area contributed by atoms with Crippen LogP contribution in [-0.4, -0.2) is 9.97 Å². The molecule has 3 rings (SSSR count). The van der Waals surface area contributed by atoms with Crippen molar-refractivity contribution < 1.29 is 0 Å². The molecule has 0 radical (unpaired) electrons. The molecule has 1 aromatic carbocycles. The maximum Gasteiger partial charge on any atom is 0.0931 e. The summed E-state index contributed by atoms with van der Waals surface area (Å²) < 4.78 is 0. The zero-order valence-electron chi connectivity index (χ0n) is 10.3. The van der Waals surface area contributed by atoms with Crippen LogP contribution in [0.5, 0.6) is 0 Å². The fourth-order valence-electron chi connectivity index (χ4n) is 1.98. The van der Waals surface area contributed by atoms with Crippen LogP contribution in [0, 0.1) is 0 Å². The molecule has 0 bridgehead atoms. The van der Waals surface area contributed by atoms with Gasteiger partial charge in [-0.2, -0.15) is 0 Å². The molecule has 0 amide bonds. The van der Waals surface area contributed by atoms with E-state index in [4.69, 9.17) is 0 Å². The van der Waals surface area contributed by atoms with Gasteiger partial charge in [-0.25, -0.2) is 4.98 Å². The third-order valence-corrected chi connectivity index (χ3v) is 4.00. The van der Waals surface area contributed by atoms with Crippen molar-refractivity contribution in [3.05, 3.63) is 47.7 Å². The summed E-state index contributed by atoms with van der Waals surface area (Å²) in [4.78, 5) is 10.2. The lowest BCUT2D eigenvalue weighted by Crippen LogP contribution is -1.80. The Balaban J connectivity index is 2.02. The molecular formula is C15H14N2S. The molecule has 90 valence electrons. The van der Waals surface area contributed by atoms with Crippen LogP contribution in [0.2, 0.25) is 0 Å². The molecule has 0 atom stereocenters. The van der Waals surface area contributed by atoms with E-state index < -0.39 is 0 Å². The quantitative estimate of drug-likeness (QED) is 0.696. The molecule has 0 aliphatic rings. The van der Waals surface area contributed by atoms with Crippen molar-refractivity contribution in [2.75, 3.05) is 0 Å². The van der Waals surface area contributed by atoms with Crippen LogP contribution in [0.15, 0.2) is 42.7 Å². The van der Waals surface area contributed by atoms with E-state index in [0.717, 1.165) is 23.9 Å². The molecule has 0 aliphatic carbocycles. The Morgan fingerprint density at radius 1 is 1.11 bits per heavy atom. The van der Waals surface area contributed by atoms with Crippen LogP contribution in [0.25, 0.3) is 21.3 Å². The van der Waals surface area contributed by atoms with E-state index in [-0.39, 0.29) is 0 Å². The van der Waals surface area contributed by atoms with E-state index in [0.29, 0.717) is 0 Å². The van der Waals surface area contributed by atoms with E-state index >= 15 is 0 Å². The Morgan fingerprint density at radius 3 is 2.89 bits per heavy atom. The SMILES string of the molecule is CCCc1ncc(-c2cnc3ccccc3c2)s1. The number of aromatic nitrogens is 2. The smallest absolute Gasteiger partial charge is 0.0931 e. The van der Waals surface area contributed by atoms with Gasteiger partial charge in [-0.1, -0.05) is 25.1 Å². The van der Waals surface area contributed by atoms with Gasteiger partial charge < -0.3 is 0 Å². The number of hydrogen-bond acceptors (Lipinski definition) is 3. The summed E-state index contributed by atoms with van der Waals surface area (Å²) in [5, 5.41) is 2.39. The molecule has 0 unspecified atom stereocenters. The predicted molar refractivity (Wildman–Crippen MR) is 76.8 cm³/mol. The second-order valence-corrected chi connectivity index (χ2v) is 5.40. The van der Waals surface area contributed by atoms with Gasteiger partial charge in [-0.15, -0.1) is 11.3 Å². The Bertz CT molecular complexity index is 673. The van der Waals surface area contributed by atoms with Crippen molar-refractivity contribution in [1.29, 1.82) is 0 Å². The molecule has 0 spiro atoms. The highest BCUT2D eigenvalue weighted by atomic mass is 32.1. The number of rotatable bonds is 3. The fraction of sp³-hybridized carbons (Fsp3) is 0.200. The standard InChI is InChI=1S/C15H14N2S/c1-2-5-15-17-10-14(18-15)12-8-11-6-3-4-7-13(11)16-9-12/h3-4,6-10H,2,5H2,1H3. The van der Waals surface area contributed by atoms with Gasteiger partial charge in [0.1, 0.15) is 0 Å². The minimum absolute atomic E-state index is 1.04. The molecule has 18 heavy (non-hydrogen) atoms. The lowest BCUT2D eigenvalue weighted by Gasteiger charge is -1.99. The van der Waals surface area contributed by atoms with Gasteiger partial charge in [0.15, 0.2) is 0 Å². The zero-order valence-corrected chi connectivity index (χ0v) is 11.1. The first kappa shape index (κ1) is 11.4. The average molecular weight is 254 g/mol. The van der Waals surface area contributed by atoms with Gasteiger partial charge in [0.2, 0.25) is 0 Å². The van der Waals surface area contributed by atoms with Crippen LogP contribution in [-0.2, 0) is 6.42 Å². The number of hydrogen-bond donors (Lipinski definition) is 0. The highest BCUT2D eigenvalue weighted by Crippen LogP contribution is 2.28. The summed E-state index contributed by atoms with van der Waals surface area (Å²) in [5.41, 5.74) is 2.20. The Labute approximate surface area is 110 Å². The number of thiazole rings is 1. The molecule has 0 saturated carbocycles. The number of pyridine rings is 1. The number of benzene rings is 1. The number of nitrogens with zero attached hydrogens (tertiary/aromatic N) is 2. The lowest BCUT2D eigenvalue weighted by atomic mass is 10.1. The van der Waals surface area contributed by atoms with Gasteiger partial charge in [-0.3, -0.25) is 4.98 Å². The molecule has 0 saturated heterocycles. The Hall–Kier alpha value is -1.74. The van der Waals surface area contributed by atoms with Crippen molar-refractivity contribution in [1.82, 2.24) is 9.97 Å². The van der Waals surface area contributed by atoms with Gasteiger partial charge >= 0.3 is 0 Å². The largest absolute Gasteiger partial charge is 0.256 e. The minimum atomic E-state index is 1.04. The lowest BCUT2D eigenvalue weighted by molar-refractivity contribution is 0.909. The van der Waals surface area contributed by atoms with Crippen molar-refractivity contribution in [3.8, 4) is 10.4 Å². The van der Waals surface area contributed by atoms with Gasteiger partial charge in [0.25, 0.3) is 0 Å². The highest BCUT2D eigenvalue weighted by molar-refractivity contribution is 7.15. The van der Waals surface area contributed by atoms with Crippen LogP contribution in [0.3, 0.4) is 0 Å². The maximum atomic E-state index is 4.49. The highest BCUT2D eigenvalue weighted by Gasteiger charge is 2.05. The second kappa shape index (κ2) is 4.86. The van der Waals surface area contributed by atoms with Crippen LogP contribution < -0.4 is 0 Å². The van der Waals surface area contributed by atoms with Crippen LogP contribution in [0.4, 0.5) is 0 Å². The van der Waals surface area contributed by atoms with E-state index in [2.05, 4.69) is 29.0 Å². The summed E-state index contributed by atoms with van der Waals surface area (Å²) in [7, 11) is 0. The molecule has 3 aromatic rings. The molecule has 3 heteroatoms. The van der Waals surface area contributed by atoms with Crippen LogP contribution >= 0.6 is 11.3 Å². The van der Waals surface area contributed by atoms with E-state index in [9.17, 15) is 0 Å². The van der Waals surface area contributed by atoms with E-state index in [1.807, 2.05) is 30.6 Å². The van der Waals surface area contributed by atoms with Crippen LogP contribution in [0.1, 0.15) is 18.4 Å². The summed E-state index contributed by atoms with van der Waals surface area (Å²) in [5.74, 6) is 0. The number of aryl methyl sites for hydroxylation is 1. The predicted octanol–water partition coefficient (Wildman–Crippen LogP) is 4.31. The van der Waals surface area contributed by atoms with E-state index in [1.165, 1.54) is 15.3 Å². The second-order valence-electron chi connectivity index (χ2n) is 4.28. The zero-order chi connectivity index (χ0) is 12.4. The van der Waals surface area contributed by atoms with Crippen molar-refractivity contribution in [3.63, 3.8) is 0 Å². The topological polar surface area (TPSA) is 25.8 Å². The van der Waals surface area contributed by atoms with Crippen molar-refractivity contribution in [2.45, 2.75) is 19.8 Å². The molecule has 2 aromatic heterocycles. The van der Waals surface area contributed by atoms with Gasteiger partial charge in [0, 0.05) is 23.3 Å². The maximum absolute atomic E-state index is 4.49. The monoisotopic (exact) mass is 254 g/mol. The minimum Gasteiger partial charge on any atom is -0.256 e. The molecule has 2 nitrogen and oxygen atoms in total. The normalized spacial score (nSPS) is 10.9. The molecule has 2 heterocycles. The van der Waals surface area contributed by atoms with Gasteiger partial charge in [-0.05, 0) is 25.0 Å². The first-order valence-electron chi connectivity index (χ1n) is 6.16. The first-order chi connectivity index (χ1) is 8.86. The summed E-state index contributed by atoms with van der Waals surface area (Å²) in [6.45, 7) is 2.18. The Kier molecular flexibility index (Phi) is 3.07. The van der Waals surface area contributed by atoms with Crippen molar-refractivity contribution >= 4 is 22.2 Å². The molecule has 0 aliphatic heterocycles. The third-order valence-electron chi connectivity index (χ3n) is 2.89. The fourth-order valence-corrected chi connectivity index (χ4v) is 2.98. The summed E-state index contributed by atoms with van der Waals surface area (Å²) >= 11 is 1.77. The summed E-state index contributed by atoms with van der Waals surface area (Å²) in [6, 6.07) is 10.4. The Morgan fingerprint density at radius 2 is 2.00 bits per heavy atom. The number of fused-ring (bicyclic) bond motifs is 1. The van der Waals surface area contributed by atoms with Crippen molar-refractivity contribution in [2.24, 2.45) is 0 Å². The number of para-hydroxylation sites is 1.